The van der Waals surface area contributed by atoms with Crippen LogP contribution in [0.25, 0.3) is 0 Å². The summed E-state index contributed by atoms with van der Waals surface area (Å²) in [4.78, 5) is 2.29. The fraction of sp³-hybridized carbons (Fsp3) is 0.538. The topological polar surface area (TPSA) is 38.5 Å². The highest BCUT2D eigenvalue weighted by molar-refractivity contribution is 5.27. The summed E-state index contributed by atoms with van der Waals surface area (Å²) in [5.41, 5.74) is 7.00. The Morgan fingerprint density at radius 1 is 1.33 bits per heavy atom. The van der Waals surface area contributed by atoms with Gasteiger partial charge < -0.3 is 10.5 Å². The van der Waals surface area contributed by atoms with E-state index in [9.17, 15) is 8.78 Å². The van der Waals surface area contributed by atoms with E-state index in [0.29, 0.717) is 0 Å². The van der Waals surface area contributed by atoms with Crippen molar-refractivity contribution in [3.63, 3.8) is 0 Å². The number of ether oxygens (including phenoxy) is 1. The number of hydrogen-bond donors (Lipinski definition) is 1. The SMILES string of the molecule is N[C@H]1CCCN(Cc2ccc(OC(F)F)cc2)C1. The quantitative estimate of drug-likeness (QED) is 0.897. The molecule has 2 rings (SSSR count). The Labute approximate surface area is 106 Å². The van der Waals surface area contributed by atoms with E-state index in [2.05, 4.69) is 9.64 Å². The second-order valence-corrected chi connectivity index (χ2v) is 4.66. The Morgan fingerprint density at radius 2 is 2.06 bits per heavy atom. The van der Waals surface area contributed by atoms with Crippen LogP contribution in [-0.2, 0) is 6.54 Å². The van der Waals surface area contributed by atoms with Crippen LogP contribution in [0.2, 0.25) is 0 Å². The molecule has 3 nitrogen and oxygen atoms in total. The van der Waals surface area contributed by atoms with Crippen LogP contribution in [0.15, 0.2) is 24.3 Å². The van der Waals surface area contributed by atoms with Gasteiger partial charge in [-0.15, -0.1) is 0 Å². The molecule has 1 saturated heterocycles. The molecule has 1 aliphatic heterocycles. The lowest BCUT2D eigenvalue weighted by Crippen LogP contribution is -2.42. The predicted octanol–water partition coefficient (Wildman–Crippen LogP) is 2.21. The molecule has 0 saturated carbocycles. The average Bonchev–Trinajstić information content (AvgIpc) is 2.31. The number of hydrogen-bond acceptors (Lipinski definition) is 3. The largest absolute Gasteiger partial charge is 0.435 e. The van der Waals surface area contributed by atoms with Crippen LogP contribution in [-0.4, -0.2) is 30.6 Å². The van der Waals surface area contributed by atoms with Crippen LogP contribution in [0.1, 0.15) is 18.4 Å². The van der Waals surface area contributed by atoms with Crippen molar-refractivity contribution in [2.24, 2.45) is 5.73 Å². The van der Waals surface area contributed by atoms with E-state index in [1.165, 1.54) is 0 Å². The molecule has 1 atom stereocenters. The molecule has 100 valence electrons. The number of piperidine rings is 1. The summed E-state index contributed by atoms with van der Waals surface area (Å²) in [5.74, 6) is 0.198. The summed E-state index contributed by atoms with van der Waals surface area (Å²) >= 11 is 0. The fourth-order valence-electron chi connectivity index (χ4n) is 2.27. The molecule has 1 aliphatic rings. The van der Waals surface area contributed by atoms with Crippen LogP contribution in [0, 0.1) is 0 Å². The second-order valence-electron chi connectivity index (χ2n) is 4.66. The second kappa shape index (κ2) is 6.11. The maximum atomic E-state index is 12.0. The maximum Gasteiger partial charge on any atom is 0.387 e. The molecule has 18 heavy (non-hydrogen) atoms. The third kappa shape index (κ3) is 3.92. The first-order chi connectivity index (χ1) is 8.63. The highest BCUT2D eigenvalue weighted by Crippen LogP contribution is 2.17. The normalized spacial score (nSPS) is 21.2. The summed E-state index contributed by atoms with van der Waals surface area (Å²) in [6, 6.07) is 7.03. The number of nitrogens with two attached hydrogens (primary N) is 1. The summed E-state index contributed by atoms with van der Waals surface area (Å²) in [6.45, 7) is -0.0167. The van der Waals surface area contributed by atoms with Crippen LogP contribution in [0.5, 0.6) is 5.75 Å². The van der Waals surface area contributed by atoms with E-state index in [4.69, 9.17) is 5.73 Å². The molecular weight excluding hydrogens is 238 g/mol. The van der Waals surface area contributed by atoms with Crippen molar-refractivity contribution < 1.29 is 13.5 Å². The van der Waals surface area contributed by atoms with Gasteiger partial charge in [-0.1, -0.05) is 12.1 Å². The first-order valence-corrected chi connectivity index (χ1v) is 6.15. The first-order valence-electron chi connectivity index (χ1n) is 6.15. The average molecular weight is 256 g/mol. The van der Waals surface area contributed by atoms with Crippen molar-refractivity contribution in [3.05, 3.63) is 29.8 Å². The fourth-order valence-corrected chi connectivity index (χ4v) is 2.27. The molecule has 1 fully saturated rings. The third-order valence-corrected chi connectivity index (χ3v) is 3.10. The third-order valence-electron chi connectivity index (χ3n) is 3.10. The minimum absolute atomic E-state index is 0.198. The molecule has 1 aromatic rings. The number of nitrogens with zero attached hydrogens (tertiary/aromatic N) is 1. The maximum absolute atomic E-state index is 12.0. The standard InChI is InChI=1S/C13H18F2N2O/c14-13(15)18-12-5-3-10(4-6-12)8-17-7-1-2-11(16)9-17/h3-6,11,13H,1-2,7-9,16H2/t11-/m0/s1. The molecule has 0 spiro atoms. The molecule has 1 aromatic carbocycles. The van der Waals surface area contributed by atoms with Crippen molar-refractivity contribution in [2.45, 2.75) is 32.0 Å². The summed E-state index contributed by atoms with van der Waals surface area (Å²) in [7, 11) is 0. The van der Waals surface area contributed by atoms with Crippen molar-refractivity contribution in [2.75, 3.05) is 13.1 Å². The van der Waals surface area contributed by atoms with Gasteiger partial charge >= 0.3 is 6.61 Å². The monoisotopic (exact) mass is 256 g/mol. The van der Waals surface area contributed by atoms with Gasteiger partial charge in [0.2, 0.25) is 0 Å². The van der Waals surface area contributed by atoms with Crippen molar-refractivity contribution in [1.29, 1.82) is 0 Å². The lowest BCUT2D eigenvalue weighted by Gasteiger charge is -2.30. The van der Waals surface area contributed by atoms with Gasteiger partial charge in [0.05, 0.1) is 0 Å². The van der Waals surface area contributed by atoms with Crippen molar-refractivity contribution >= 4 is 0 Å². The lowest BCUT2D eigenvalue weighted by atomic mass is 10.1. The molecule has 0 aromatic heterocycles. The van der Waals surface area contributed by atoms with Gasteiger partial charge in [0.1, 0.15) is 5.75 Å². The molecular formula is C13H18F2N2O. The van der Waals surface area contributed by atoms with Crippen molar-refractivity contribution in [3.8, 4) is 5.75 Å². The Kier molecular flexibility index (Phi) is 4.49. The first kappa shape index (κ1) is 13.2. The van der Waals surface area contributed by atoms with Gasteiger partial charge in [0.25, 0.3) is 0 Å². The van der Waals surface area contributed by atoms with Gasteiger partial charge in [-0.05, 0) is 37.1 Å². The van der Waals surface area contributed by atoms with Gasteiger partial charge in [-0.3, -0.25) is 4.90 Å². The molecule has 2 N–H and O–H groups in total. The van der Waals surface area contributed by atoms with Crippen LogP contribution >= 0.6 is 0 Å². The van der Waals surface area contributed by atoms with Gasteiger partial charge in [-0.25, -0.2) is 0 Å². The van der Waals surface area contributed by atoms with Crippen LogP contribution < -0.4 is 10.5 Å². The predicted molar refractivity (Wildman–Crippen MR) is 65.6 cm³/mol. The molecule has 0 bridgehead atoms. The molecule has 0 amide bonds. The van der Waals surface area contributed by atoms with E-state index in [1.54, 1.807) is 12.1 Å². The number of alkyl halides is 2. The van der Waals surface area contributed by atoms with Gasteiger partial charge in [0, 0.05) is 19.1 Å². The smallest absolute Gasteiger partial charge is 0.387 e. The van der Waals surface area contributed by atoms with Gasteiger partial charge in [-0.2, -0.15) is 8.78 Å². The van der Waals surface area contributed by atoms with Crippen LogP contribution in [0.3, 0.4) is 0 Å². The molecule has 0 radical (unpaired) electrons. The number of rotatable bonds is 4. The Balaban J connectivity index is 1.89. The highest BCUT2D eigenvalue weighted by atomic mass is 19.3. The molecule has 5 heteroatoms. The zero-order valence-corrected chi connectivity index (χ0v) is 10.2. The van der Waals surface area contributed by atoms with E-state index in [1.807, 2.05) is 12.1 Å². The van der Waals surface area contributed by atoms with E-state index in [0.717, 1.165) is 38.0 Å². The minimum Gasteiger partial charge on any atom is -0.435 e. The summed E-state index contributed by atoms with van der Waals surface area (Å²) in [5, 5.41) is 0. The summed E-state index contributed by atoms with van der Waals surface area (Å²) < 4.78 is 28.3. The Morgan fingerprint density at radius 3 is 2.67 bits per heavy atom. The number of likely N-dealkylation sites (tertiary alicyclic amines) is 1. The molecule has 0 aliphatic carbocycles. The zero-order valence-electron chi connectivity index (χ0n) is 10.2. The van der Waals surface area contributed by atoms with E-state index < -0.39 is 6.61 Å². The lowest BCUT2D eigenvalue weighted by molar-refractivity contribution is -0.0498. The molecule has 0 unspecified atom stereocenters. The van der Waals surface area contributed by atoms with E-state index in [-0.39, 0.29) is 11.8 Å². The number of benzene rings is 1. The minimum atomic E-state index is -2.77. The zero-order chi connectivity index (χ0) is 13.0. The number of halogens is 2. The summed E-state index contributed by atoms with van der Waals surface area (Å²) in [6.07, 6.45) is 2.20. The Bertz CT molecular complexity index is 370. The Hall–Kier alpha value is -1.20. The van der Waals surface area contributed by atoms with E-state index >= 15 is 0 Å². The highest BCUT2D eigenvalue weighted by Gasteiger charge is 2.16. The molecule has 1 heterocycles. The van der Waals surface area contributed by atoms with Gasteiger partial charge in [0.15, 0.2) is 0 Å². The van der Waals surface area contributed by atoms with Crippen molar-refractivity contribution in [1.82, 2.24) is 4.90 Å². The van der Waals surface area contributed by atoms with Crippen LogP contribution in [0.4, 0.5) is 8.78 Å².